The van der Waals surface area contributed by atoms with Gasteiger partial charge in [-0.2, -0.15) is 0 Å². The number of carbonyl (C=O) groups is 2. The summed E-state index contributed by atoms with van der Waals surface area (Å²) in [6.07, 6.45) is 11.0. The number of rotatable bonds is 17. The van der Waals surface area contributed by atoms with Crippen molar-refractivity contribution in [1.82, 2.24) is 0 Å². The van der Waals surface area contributed by atoms with E-state index >= 15 is 0 Å². The van der Waals surface area contributed by atoms with Crippen LogP contribution in [0.2, 0.25) is 0 Å². The van der Waals surface area contributed by atoms with Crippen LogP contribution < -0.4 is 0 Å². The molecule has 0 aliphatic heterocycles. The van der Waals surface area contributed by atoms with E-state index in [4.69, 9.17) is 30.3 Å². The van der Waals surface area contributed by atoms with Crippen LogP contribution in [0, 0.1) is 5.41 Å². The number of aliphatic carboxylic acids is 2. The lowest BCUT2D eigenvalue weighted by Gasteiger charge is -2.32. The highest BCUT2D eigenvalue weighted by atomic mass is 16.6. The van der Waals surface area contributed by atoms with E-state index < -0.39 is 43.5 Å². The summed E-state index contributed by atoms with van der Waals surface area (Å²) in [7, 11) is 0. The normalized spacial score (nSPS) is 10.8. The second-order valence-electron chi connectivity index (χ2n) is 7.64. The second-order valence-corrected chi connectivity index (χ2v) is 7.64. The average Bonchev–Trinajstić information content (AvgIpc) is 2.79. The maximum absolute atomic E-state index is 9.76. The molecule has 9 nitrogen and oxygen atoms in total. The first-order chi connectivity index (χ1) is 16.1. The zero-order valence-corrected chi connectivity index (χ0v) is 21.5. The highest BCUT2D eigenvalue weighted by molar-refractivity contribution is 5.75. The van der Waals surface area contributed by atoms with Gasteiger partial charge in [-0.15, -0.1) is 13.2 Å². The molecule has 0 saturated carbocycles. The van der Waals surface area contributed by atoms with Crippen LogP contribution in [-0.2, 0) is 14.3 Å². The van der Waals surface area contributed by atoms with Crippen molar-refractivity contribution in [3.63, 3.8) is 0 Å². The molecule has 0 aromatic rings. The van der Waals surface area contributed by atoms with Gasteiger partial charge in [0.25, 0.3) is 0 Å². The molecule has 0 amide bonds. The Morgan fingerprint density at radius 1 is 0.794 bits per heavy atom. The minimum atomic E-state index is -1.37. The molecule has 9 heteroatoms. The van der Waals surface area contributed by atoms with Crippen molar-refractivity contribution in [3.05, 3.63) is 25.3 Å². The predicted octanol–water partition coefficient (Wildman–Crippen LogP) is 3.75. The summed E-state index contributed by atoms with van der Waals surface area (Å²) in [5.41, 5.74) is -1.37. The zero-order chi connectivity index (χ0) is 27.3. The number of carboxylic acids is 2. The van der Waals surface area contributed by atoms with Gasteiger partial charge in [-0.1, -0.05) is 64.0 Å². The first-order valence-electron chi connectivity index (χ1n) is 11.8. The van der Waals surface area contributed by atoms with E-state index in [2.05, 4.69) is 20.1 Å². The van der Waals surface area contributed by atoms with E-state index in [0.29, 0.717) is 6.61 Å². The van der Waals surface area contributed by atoms with E-state index in [0.717, 1.165) is 19.3 Å². The Labute approximate surface area is 205 Å². The fraction of sp³-hybridized carbons (Fsp3) is 0.760. The van der Waals surface area contributed by atoms with Crippen LogP contribution in [0.1, 0.15) is 85.0 Å². The topological polar surface area (TPSA) is 165 Å². The summed E-state index contributed by atoms with van der Waals surface area (Å²) < 4.78 is 5.20. The van der Waals surface area contributed by atoms with Crippen molar-refractivity contribution < 1.29 is 45.0 Å². The number of aliphatic hydroxyl groups excluding tert-OH is 4. The van der Waals surface area contributed by atoms with E-state index in [-0.39, 0.29) is 12.8 Å². The van der Waals surface area contributed by atoms with Crippen LogP contribution in [0.3, 0.4) is 0 Å². The number of carboxylic acid groups (broad SMARTS) is 2. The molecule has 6 N–H and O–H groups in total. The number of hydrogen-bond acceptors (Lipinski definition) is 7. The van der Waals surface area contributed by atoms with Crippen LogP contribution in [0.5, 0.6) is 0 Å². The number of aliphatic hydroxyl groups is 4. The van der Waals surface area contributed by atoms with Crippen LogP contribution in [0.4, 0.5) is 0 Å². The monoisotopic (exact) mass is 494 g/mol. The molecule has 0 saturated heterocycles. The van der Waals surface area contributed by atoms with Crippen molar-refractivity contribution in [2.75, 3.05) is 26.4 Å². The standard InChI is InChI=1S/C15H32O5.C4H6O4.2C3H6/c1-2-3-4-5-6-7-8-9-10-20-14(19)15(11-16,12-17)13-18;5-3(6)1-2-4(7)8;2*1-3-2/h14,16-19H,2-13H2,1H3;1-2H2,(H,5,6)(H,7,8);2*3H,1H2,2H3. The molecule has 0 spiro atoms. The summed E-state index contributed by atoms with van der Waals surface area (Å²) >= 11 is 0. The SMILES string of the molecule is C=CC.C=CC.CCCCCCCCCCOC(O)C(CO)(CO)CO.O=C(O)CCC(=O)O. The van der Waals surface area contributed by atoms with E-state index in [1.54, 1.807) is 12.2 Å². The molecular formula is C25H50O9. The smallest absolute Gasteiger partial charge is 0.303 e. The van der Waals surface area contributed by atoms with Gasteiger partial charge < -0.3 is 35.4 Å². The highest BCUT2D eigenvalue weighted by Crippen LogP contribution is 2.21. The van der Waals surface area contributed by atoms with Crippen LogP contribution in [-0.4, -0.2) is 75.3 Å². The Balaban J connectivity index is -0.000000263. The third-order valence-electron chi connectivity index (χ3n) is 4.29. The van der Waals surface area contributed by atoms with E-state index in [1.807, 2.05) is 13.8 Å². The lowest BCUT2D eigenvalue weighted by Crippen LogP contribution is -2.46. The Hall–Kier alpha value is -1.78. The molecule has 204 valence electrons. The summed E-state index contributed by atoms with van der Waals surface area (Å²) in [4.78, 5) is 19.3. The third kappa shape index (κ3) is 30.2. The van der Waals surface area contributed by atoms with Gasteiger partial charge in [0, 0.05) is 6.61 Å². The van der Waals surface area contributed by atoms with Crippen LogP contribution in [0.25, 0.3) is 0 Å². The number of ether oxygens (including phenoxy) is 1. The Bertz CT molecular complexity index is 435. The molecule has 34 heavy (non-hydrogen) atoms. The summed E-state index contributed by atoms with van der Waals surface area (Å²) in [5.74, 6) is -2.15. The van der Waals surface area contributed by atoms with Crippen molar-refractivity contribution >= 4 is 11.9 Å². The Morgan fingerprint density at radius 3 is 1.41 bits per heavy atom. The first kappa shape index (κ1) is 39.4. The minimum absolute atomic E-state index is 0.296. The van der Waals surface area contributed by atoms with Gasteiger partial charge in [0.2, 0.25) is 0 Å². The summed E-state index contributed by atoms with van der Waals surface area (Å²) in [6, 6.07) is 0. The van der Waals surface area contributed by atoms with Crippen LogP contribution >= 0.6 is 0 Å². The Morgan fingerprint density at radius 2 is 1.12 bits per heavy atom. The van der Waals surface area contributed by atoms with Crippen molar-refractivity contribution in [2.45, 2.75) is 91.3 Å². The van der Waals surface area contributed by atoms with Gasteiger partial charge in [-0.05, 0) is 20.3 Å². The Kier molecular flexibility index (Phi) is 36.2. The molecule has 0 aromatic heterocycles. The van der Waals surface area contributed by atoms with Gasteiger partial charge in [0.15, 0.2) is 6.29 Å². The largest absolute Gasteiger partial charge is 0.481 e. The average molecular weight is 495 g/mol. The van der Waals surface area contributed by atoms with E-state index in [1.165, 1.54) is 32.1 Å². The highest BCUT2D eigenvalue weighted by Gasteiger charge is 2.37. The van der Waals surface area contributed by atoms with Crippen molar-refractivity contribution in [1.29, 1.82) is 0 Å². The molecule has 0 fully saturated rings. The number of hydrogen-bond donors (Lipinski definition) is 6. The molecule has 0 heterocycles. The molecule has 1 atom stereocenters. The first-order valence-corrected chi connectivity index (χ1v) is 11.8. The van der Waals surface area contributed by atoms with Crippen LogP contribution in [0.15, 0.2) is 25.3 Å². The molecular weight excluding hydrogens is 444 g/mol. The molecule has 0 rings (SSSR count). The summed E-state index contributed by atoms with van der Waals surface area (Å²) in [6.45, 7) is 11.5. The molecule has 0 aliphatic carbocycles. The van der Waals surface area contributed by atoms with Crippen molar-refractivity contribution in [2.24, 2.45) is 5.41 Å². The maximum Gasteiger partial charge on any atom is 0.303 e. The van der Waals surface area contributed by atoms with Crippen molar-refractivity contribution in [3.8, 4) is 0 Å². The molecule has 0 bridgehead atoms. The summed E-state index contributed by atoms with van der Waals surface area (Å²) in [5, 5.41) is 52.9. The number of allylic oxidation sites excluding steroid dienone is 2. The van der Waals surface area contributed by atoms with E-state index in [9.17, 15) is 14.7 Å². The fourth-order valence-electron chi connectivity index (χ4n) is 2.21. The lowest BCUT2D eigenvalue weighted by molar-refractivity contribution is -0.212. The lowest BCUT2D eigenvalue weighted by atomic mass is 9.90. The predicted molar refractivity (Wildman–Crippen MR) is 135 cm³/mol. The second kappa shape index (κ2) is 31.2. The van der Waals surface area contributed by atoms with Gasteiger partial charge in [0.1, 0.15) is 0 Å². The molecule has 0 aliphatic rings. The molecule has 0 aromatic carbocycles. The third-order valence-corrected chi connectivity index (χ3v) is 4.29. The number of unbranched alkanes of at least 4 members (excludes halogenated alkanes) is 7. The molecule has 0 radical (unpaired) electrons. The fourth-order valence-corrected chi connectivity index (χ4v) is 2.21. The maximum atomic E-state index is 9.76. The quantitative estimate of drug-likeness (QED) is 0.100. The minimum Gasteiger partial charge on any atom is -0.481 e. The van der Waals surface area contributed by atoms with Gasteiger partial charge in [-0.3, -0.25) is 9.59 Å². The molecule has 1 unspecified atom stereocenters. The van der Waals surface area contributed by atoms with Gasteiger partial charge in [-0.25, -0.2) is 0 Å². The van der Waals surface area contributed by atoms with Gasteiger partial charge >= 0.3 is 11.9 Å². The van der Waals surface area contributed by atoms with Gasteiger partial charge in [0.05, 0.1) is 38.1 Å². The zero-order valence-electron chi connectivity index (χ0n) is 21.5.